The Morgan fingerprint density at radius 3 is 2.03 bits per heavy atom. The van der Waals surface area contributed by atoms with Crippen LogP contribution in [0.1, 0.15) is 22.3 Å². The molecular weight excluding hydrogens is 445 g/mol. The first-order chi connectivity index (χ1) is 13.4. The number of carbonyl (C=O) groups is 1. The van der Waals surface area contributed by atoms with Crippen LogP contribution < -0.4 is 4.72 Å². The van der Waals surface area contributed by atoms with Crippen LogP contribution in [0.4, 0.5) is 5.69 Å². The molecule has 30 heavy (non-hydrogen) atoms. The van der Waals surface area contributed by atoms with Crippen molar-refractivity contribution in [1.82, 2.24) is 9.80 Å². The summed E-state index contributed by atoms with van der Waals surface area (Å²) in [5.74, 6) is 0.0811. The molecular formula is C21H29Cl2N3O3S. The molecule has 1 aliphatic rings. The van der Waals surface area contributed by atoms with Gasteiger partial charge in [0.1, 0.15) is 0 Å². The van der Waals surface area contributed by atoms with E-state index in [4.69, 9.17) is 0 Å². The highest BCUT2D eigenvalue weighted by atomic mass is 35.5. The van der Waals surface area contributed by atoms with Crippen molar-refractivity contribution in [3.63, 3.8) is 0 Å². The van der Waals surface area contributed by atoms with E-state index in [2.05, 4.69) is 38.8 Å². The number of rotatable bonds is 8. The van der Waals surface area contributed by atoms with Crippen LogP contribution in [0.3, 0.4) is 0 Å². The first-order valence-electron chi connectivity index (χ1n) is 9.49. The number of piperazine rings is 1. The minimum atomic E-state index is -3.31. The Bertz CT molecular complexity index is 885. The average Bonchev–Trinajstić information content (AvgIpc) is 2.67. The number of ketones is 1. The van der Waals surface area contributed by atoms with E-state index in [1.165, 1.54) is 5.56 Å². The van der Waals surface area contributed by atoms with Gasteiger partial charge in [0.05, 0.1) is 6.26 Å². The highest BCUT2D eigenvalue weighted by Crippen LogP contribution is 2.13. The molecule has 0 amide bonds. The first kappa shape index (κ1) is 26.4. The number of anilines is 1. The fourth-order valence-corrected chi connectivity index (χ4v) is 3.92. The van der Waals surface area contributed by atoms with Gasteiger partial charge in [0.15, 0.2) is 5.78 Å². The minimum Gasteiger partial charge on any atom is -0.300 e. The lowest BCUT2D eigenvalue weighted by molar-refractivity contribution is 0.0922. The van der Waals surface area contributed by atoms with Crippen LogP contribution in [0.5, 0.6) is 0 Å². The maximum Gasteiger partial charge on any atom is 0.229 e. The lowest BCUT2D eigenvalue weighted by Gasteiger charge is -2.34. The number of sulfonamides is 1. The molecule has 1 fully saturated rings. The third kappa shape index (κ3) is 8.62. The van der Waals surface area contributed by atoms with Gasteiger partial charge in [-0.2, -0.15) is 0 Å². The van der Waals surface area contributed by atoms with Gasteiger partial charge < -0.3 is 4.90 Å². The topological polar surface area (TPSA) is 69.7 Å². The van der Waals surface area contributed by atoms with Crippen molar-refractivity contribution in [2.24, 2.45) is 0 Å². The zero-order chi connectivity index (χ0) is 20.0. The molecule has 0 bridgehead atoms. The molecule has 2 aromatic carbocycles. The summed E-state index contributed by atoms with van der Waals surface area (Å²) in [6, 6.07) is 17.1. The molecule has 3 rings (SSSR count). The van der Waals surface area contributed by atoms with Crippen molar-refractivity contribution in [2.75, 3.05) is 43.7 Å². The molecule has 0 aliphatic carbocycles. The SMILES string of the molecule is CS(=O)(=O)Nc1ccc(C(=O)CCN2CCN(Cc3ccccc3)CC2)cc1.Cl.Cl. The first-order valence-corrected chi connectivity index (χ1v) is 11.4. The van der Waals surface area contributed by atoms with Crippen LogP contribution in [0, 0.1) is 0 Å². The average molecular weight is 474 g/mol. The largest absolute Gasteiger partial charge is 0.300 e. The van der Waals surface area contributed by atoms with Crippen LogP contribution in [0.15, 0.2) is 54.6 Å². The van der Waals surface area contributed by atoms with E-state index in [9.17, 15) is 13.2 Å². The van der Waals surface area contributed by atoms with E-state index in [0.717, 1.165) is 45.5 Å². The van der Waals surface area contributed by atoms with E-state index < -0.39 is 10.0 Å². The molecule has 0 radical (unpaired) electrons. The van der Waals surface area contributed by atoms with Gasteiger partial charge in [0, 0.05) is 56.9 Å². The van der Waals surface area contributed by atoms with E-state index >= 15 is 0 Å². The van der Waals surface area contributed by atoms with Gasteiger partial charge in [0.25, 0.3) is 0 Å². The summed E-state index contributed by atoms with van der Waals surface area (Å²) in [7, 11) is -3.31. The molecule has 6 nitrogen and oxygen atoms in total. The Labute approximate surface area is 191 Å². The van der Waals surface area contributed by atoms with E-state index in [0.29, 0.717) is 17.7 Å². The van der Waals surface area contributed by atoms with Gasteiger partial charge in [-0.15, -0.1) is 24.8 Å². The Morgan fingerprint density at radius 2 is 1.47 bits per heavy atom. The highest BCUT2D eigenvalue weighted by Gasteiger charge is 2.18. The predicted octanol–water partition coefficient (Wildman–Crippen LogP) is 3.29. The molecule has 1 saturated heterocycles. The highest BCUT2D eigenvalue weighted by molar-refractivity contribution is 7.92. The normalized spacial score (nSPS) is 15.0. The maximum atomic E-state index is 12.4. The van der Waals surface area contributed by atoms with E-state index in [1.54, 1.807) is 24.3 Å². The number of hydrogen-bond acceptors (Lipinski definition) is 5. The van der Waals surface area contributed by atoms with Gasteiger partial charge >= 0.3 is 0 Å². The number of halogens is 2. The number of nitrogens with zero attached hydrogens (tertiary/aromatic N) is 2. The summed E-state index contributed by atoms with van der Waals surface area (Å²) in [6.45, 7) is 5.68. The zero-order valence-corrected chi connectivity index (χ0v) is 19.4. The molecule has 1 N–H and O–H groups in total. The fourth-order valence-electron chi connectivity index (χ4n) is 3.35. The second-order valence-corrected chi connectivity index (χ2v) is 8.98. The van der Waals surface area contributed by atoms with E-state index in [1.807, 2.05) is 6.07 Å². The minimum absolute atomic E-state index is 0. The summed E-state index contributed by atoms with van der Waals surface area (Å²) in [6.07, 6.45) is 1.57. The molecule has 9 heteroatoms. The van der Waals surface area contributed by atoms with Crippen molar-refractivity contribution in [3.8, 4) is 0 Å². The zero-order valence-electron chi connectivity index (χ0n) is 17.0. The Kier molecular flexibility index (Phi) is 10.8. The third-order valence-electron chi connectivity index (χ3n) is 4.88. The van der Waals surface area contributed by atoms with Crippen molar-refractivity contribution in [2.45, 2.75) is 13.0 Å². The third-order valence-corrected chi connectivity index (χ3v) is 5.49. The Balaban J connectivity index is 0.00000225. The Hall–Kier alpha value is -1.64. The number of carbonyl (C=O) groups excluding carboxylic acids is 1. The van der Waals surface area contributed by atoms with E-state index in [-0.39, 0.29) is 30.6 Å². The quantitative estimate of drug-likeness (QED) is 0.595. The monoisotopic (exact) mass is 473 g/mol. The lowest BCUT2D eigenvalue weighted by atomic mass is 10.1. The van der Waals surface area contributed by atoms with Gasteiger partial charge in [-0.3, -0.25) is 14.4 Å². The smallest absolute Gasteiger partial charge is 0.229 e. The molecule has 1 heterocycles. The van der Waals surface area contributed by atoms with Crippen LogP contribution in [-0.2, 0) is 16.6 Å². The van der Waals surface area contributed by atoms with Crippen molar-refractivity contribution >= 4 is 46.3 Å². The van der Waals surface area contributed by atoms with Crippen molar-refractivity contribution in [1.29, 1.82) is 0 Å². The fraction of sp³-hybridized carbons (Fsp3) is 0.381. The summed E-state index contributed by atoms with van der Waals surface area (Å²) in [5, 5.41) is 0. The van der Waals surface area contributed by atoms with Gasteiger partial charge in [-0.05, 0) is 29.8 Å². The number of Topliss-reactive ketones (excluding diaryl/α,β-unsaturated/α-hetero) is 1. The maximum absolute atomic E-state index is 12.4. The van der Waals surface area contributed by atoms with Gasteiger partial charge in [-0.1, -0.05) is 30.3 Å². The lowest BCUT2D eigenvalue weighted by Crippen LogP contribution is -2.46. The molecule has 0 unspecified atom stereocenters. The molecule has 166 valence electrons. The number of benzene rings is 2. The van der Waals surface area contributed by atoms with Crippen LogP contribution >= 0.6 is 24.8 Å². The summed E-state index contributed by atoms with van der Waals surface area (Å²) in [5.41, 5.74) is 2.41. The molecule has 0 spiro atoms. The summed E-state index contributed by atoms with van der Waals surface area (Å²) >= 11 is 0. The second-order valence-electron chi connectivity index (χ2n) is 7.23. The van der Waals surface area contributed by atoms with Gasteiger partial charge in [-0.25, -0.2) is 8.42 Å². The van der Waals surface area contributed by atoms with Crippen LogP contribution in [0.25, 0.3) is 0 Å². The molecule has 0 saturated carbocycles. The number of nitrogens with one attached hydrogen (secondary N) is 1. The van der Waals surface area contributed by atoms with Crippen molar-refractivity contribution in [3.05, 3.63) is 65.7 Å². The second kappa shape index (κ2) is 12.3. The predicted molar refractivity (Wildman–Crippen MR) is 127 cm³/mol. The molecule has 0 aromatic heterocycles. The molecule has 2 aromatic rings. The molecule has 0 atom stereocenters. The van der Waals surface area contributed by atoms with Crippen LogP contribution in [0.2, 0.25) is 0 Å². The summed E-state index contributed by atoms with van der Waals surface area (Å²) in [4.78, 5) is 17.2. The van der Waals surface area contributed by atoms with Gasteiger partial charge in [0.2, 0.25) is 10.0 Å². The number of hydrogen-bond donors (Lipinski definition) is 1. The van der Waals surface area contributed by atoms with Crippen molar-refractivity contribution < 1.29 is 13.2 Å². The molecule has 1 aliphatic heterocycles. The summed E-state index contributed by atoms with van der Waals surface area (Å²) < 4.78 is 24.9. The van der Waals surface area contributed by atoms with Crippen LogP contribution in [-0.4, -0.2) is 63.0 Å². The Morgan fingerprint density at radius 1 is 0.900 bits per heavy atom. The standard InChI is InChI=1S/C21H27N3O3S.2ClH/c1-28(26,27)22-20-9-7-19(8-10-20)21(25)11-12-23-13-15-24(16-14-23)17-18-5-3-2-4-6-18;;/h2-10,22H,11-17H2,1H3;2*1H.